The Balaban J connectivity index is 1.54. The topological polar surface area (TPSA) is 55.4 Å². The number of ether oxygens (including phenoxy) is 1. The predicted octanol–water partition coefficient (Wildman–Crippen LogP) is 1.000. The van der Waals surface area contributed by atoms with Crippen LogP contribution in [0.1, 0.15) is 18.5 Å². The zero-order valence-electron chi connectivity index (χ0n) is 18.6. The molecule has 0 spiro atoms. The molecular weight excluding hydrogens is 383 g/mol. The van der Waals surface area contributed by atoms with Crippen LogP contribution in [0.5, 0.6) is 0 Å². The SMILES string of the molecule is CN=C(NCC(C)N1CCN(C)CC1)NCC(c1ccc(F)cc1)N1CCOCC1. The van der Waals surface area contributed by atoms with Crippen molar-refractivity contribution in [2.75, 3.05) is 79.7 Å². The second kappa shape index (κ2) is 11.6. The Morgan fingerprint density at radius 3 is 2.27 bits per heavy atom. The third kappa shape index (κ3) is 6.63. The van der Waals surface area contributed by atoms with Gasteiger partial charge in [0.1, 0.15) is 5.82 Å². The molecule has 1 aromatic rings. The van der Waals surface area contributed by atoms with Crippen molar-refractivity contribution in [2.24, 2.45) is 4.99 Å². The summed E-state index contributed by atoms with van der Waals surface area (Å²) in [6, 6.07) is 7.42. The molecule has 2 atom stereocenters. The summed E-state index contributed by atoms with van der Waals surface area (Å²) < 4.78 is 18.9. The molecule has 0 bridgehead atoms. The highest BCUT2D eigenvalue weighted by Gasteiger charge is 2.23. The number of hydrogen-bond acceptors (Lipinski definition) is 5. The van der Waals surface area contributed by atoms with Gasteiger partial charge in [0.25, 0.3) is 0 Å². The van der Waals surface area contributed by atoms with Crippen LogP contribution in [0.2, 0.25) is 0 Å². The van der Waals surface area contributed by atoms with Crippen molar-refractivity contribution in [3.63, 3.8) is 0 Å². The number of rotatable bonds is 7. The highest BCUT2D eigenvalue weighted by atomic mass is 19.1. The average Bonchev–Trinajstić information content (AvgIpc) is 2.78. The number of aliphatic imine (C=N–C) groups is 1. The summed E-state index contributed by atoms with van der Waals surface area (Å²) in [5, 5.41) is 6.96. The predicted molar refractivity (Wildman–Crippen MR) is 119 cm³/mol. The first kappa shape index (κ1) is 22.9. The number of likely N-dealkylation sites (N-methyl/N-ethyl adjacent to an activating group) is 1. The van der Waals surface area contributed by atoms with Gasteiger partial charge in [-0.2, -0.15) is 0 Å². The van der Waals surface area contributed by atoms with Crippen molar-refractivity contribution in [2.45, 2.75) is 19.0 Å². The minimum atomic E-state index is -0.206. The van der Waals surface area contributed by atoms with Gasteiger partial charge < -0.3 is 20.3 Å². The Morgan fingerprint density at radius 1 is 1.00 bits per heavy atom. The van der Waals surface area contributed by atoms with Crippen molar-refractivity contribution in [3.8, 4) is 0 Å². The lowest BCUT2D eigenvalue weighted by atomic mass is 10.0. The summed E-state index contributed by atoms with van der Waals surface area (Å²) in [5.74, 6) is 0.596. The molecular formula is C22H37FN6O. The van der Waals surface area contributed by atoms with E-state index >= 15 is 0 Å². The lowest BCUT2D eigenvalue weighted by Gasteiger charge is -2.37. The molecule has 1 aromatic carbocycles. The lowest BCUT2D eigenvalue weighted by molar-refractivity contribution is 0.0170. The number of guanidine groups is 1. The fourth-order valence-electron chi connectivity index (χ4n) is 4.08. The number of halogens is 1. The highest BCUT2D eigenvalue weighted by molar-refractivity contribution is 5.79. The van der Waals surface area contributed by atoms with E-state index in [1.165, 1.54) is 12.1 Å². The van der Waals surface area contributed by atoms with Crippen LogP contribution in [-0.4, -0.2) is 106 Å². The van der Waals surface area contributed by atoms with Gasteiger partial charge in [0.2, 0.25) is 0 Å². The number of nitrogens with one attached hydrogen (secondary N) is 2. The van der Waals surface area contributed by atoms with E-state index in [-0.39, 0.29) is 11.9 Å². The van der Waals surface area contributed by atoms with E-state index in [0.717, 1.165) is 70.6 Å². The Hall–Kier alpha value is -1.74. The largest absolute Gasteiger partial charge is 0.379 e. The fraction of sp³-hybridized carbons (Fsp3) is 0.682. The van der Waals surface area contributed by atoms with Crippen molar-refractivity contribution in [1.29, 1.82) is 0 Å². The zero-order valence-corrected chi connectivity index (χ0v) is 18.6. The number of hydrogen-bond donors (Lipinski definition) is 2. The average molecular weight is 421 g/mol. The van der Waals surface area contributed by atoms with E-state index in [1.54, 1.807) is 7.05 Å². The number of nitrogens with zero attached hydrogens (tertiary/aromatic N) is 4. The van der Waals surface area contributed by atoms with Crippen LogP contribution in [0.15, 0.2) is 29.3 Å². The van der Waals surface area contributed by atoms with Gasteiger partial charge in [-0.05, 0) is 31.7 Å². The van der Waals surface area contributed by atoms with Crippen LogP contribution in [0, 0.1) is 5.82 Å². The van der Waals surface area contributed by atoms with Gasteiger partial charge in [-0.25, -0.2) is 4.39 Å². The smallest absolute Gasteiger partial charge is 0.191 e. The van der Waals surface area contributed by atoms with Crippen molar-refractivity contribution in [3.05, 3.63) is 35.6 Å². The molecule has 0 radical (unpaired) electrons. The first-order valence-corrected chi connectivity index (χ1v) is 11.0. The Labute approximate surface area is 180 Å². The van der Waals surface area contributed by atoms with Crippen LogP contribution in [0.25, 0.3) is 0 Å². The summed E-state index contributed by atoms with van der Waals surface area (Å²) in [4.78, 5) is 11.7. The normalized spacial score (nSPS) is 21.9. The molecule has 0 aliphatic carbocycles. The lowest BCUT2D eigenvalue weighted by Crippen LogP contribution is -2.53. The third-order valence-corrected chi connectivity index (χ3v) is 6.15. The number of piperazine rings is 1. The first-order valence-electron chi connectivity index (χ1n) is 11.0. The van der Waals surface area contributed by atoms with E-state index in [0.29, 0.717) is 12.6 Å². The van der Waals surface area contributed by atoms with Crippen LogP contribution >= 0.6 is 0 Å². The summed E-state index contributed by atoms with van der Waals surface area (Å²) >= 11 is 0. The second-order valence-electron chi connectivity index (χ2n) is 8.24. The van der Waals surface area contributed by atoms with E-state index in [9.17, 15) is 4.39 Å². The van der Waals surface area contributed by atoms with E-state index in [2.05, 4.69) is 44.3 Å². The molecule has 8 heteroatoms. The van der Waals surface area contributed by atoms with Gasteiger partial charge in [0.15, 0.2) is 5.96 Å². The highest BCUT2D eigenvalue weighted by Crippen LogP contribution is 2.21. The Bertz CT molecular complexity index is 656. The molecule has 2 saturated heterocycles. The van der Waals surface area contributed by atoms with Crippen LogP contribution in [0.4, 0.5) is 4.39 Å². The zero-order chi connectivity index (χ0) is 21.3. The molecule has 2 aliphatic rings. The van der Waals surface area contributed by atoms with Gasteiger partial charge in [-0.1, -0.05) is 12.1 Å². The molecule has 3 rings (SSSR count). The molecule has 2 N–H and O–H groups in total. The molecule has 0 amide bonds. The van der Waals surface area contributed by atoms with E-state index in [4.69, 9.17) is 4.74 Å². The molecule has 30 heavy (non-hydrogen) atoms. The summed E-state index contributed by atoms with van der Waals surface area (Å²) in [7, 11) is 3.98. The van der Waals surface area contributed by atoms with Crippen LogP contribution in [0.3, 0.4) is 0 Å². The van der Waals surface area contributed by atoms with Gasteiger partial charge in [-0.15, -0.1) is 0 Å². The minimum absolute atomic E-state index is 0.142. The molecule has 2 aliphatic heterocycles. The van der Waals surface area contributed by atoms with Crippen molar-refractivity contribution >= 4 is 5.96 Å². The molecule has 0 aromatic heterocycles. The molecule has 2 fully saturated rings. The fourth-order valence-corrected chi connectivity index (χ4v) is 4.08. The second-order valence-corrected chi connectivity index (χ2v) is 8.24. The maximum absolute atomic E-state index is 13.4. The van der Waals surface area contributed by atoms with Gasteiger partial charge in [0, 0.05) is 65.4 Å². The first-order chi connectivity index (χ1) is 14.6. The van der Waals surface area contributed by atoms with Gasteiger partial charge >= 0.3 is 0 Å². The van der Waals surface area contributed by atoms with Crippen molar-refractivity contribution in [1.82, 2.24) is 25.3 Å². The molecule has 0 saturated carbocycles. The van der Waals surface area contributed by atoms with Gasteiger partial charge in [0.05, 0.1) is 19.3 Å². The van der Waals surface area contributed by atoms with Crippen LogP contribution in [-0.2, 0) is 4.74 Å². The summed E-state index contributed by atoms with van der Waals surface area (Å²) in [6.45, 7) is 11.5. The maximum atomic E-state index is 13.4. The number of benzene rings is 1. The summed E-state index contributed by atoms with van der Waals surface area (Å²) in [6.07, 6.45) is 0. The minimum Gasteiger partial charge on any atom is -0.379 e. The maximum Gasteiger partial charge on any atom is 0.191 e. The Kier molecular flexibility index (Phi) is 8.87. The van der Waals surface area contributed by atoms with E-state index < -0.39 is 0 Å². The standard InChI is InChI=1S/C22H37FN6O/c1-18(28-10-8-27(3)9-11-28)16-25-22(24-2)26-17-21(29-12-14-30-15-13-29)19-4-6-20(23)7-5-19/h4-7,18,21H,8-17H2,1-3H3,(H2,24,25,26). The quantitative estimate of drug-likeness (QED) is 0.507. The number of morpholine rings is 1. The van der Waals surface area contributed by atoms with Crippen LogP contribution < -0.4 is 10.6 Å². The van der Waals surface area contributed by atoms with Gasteiger partial charge in [-0.3, -0.25) is 14.8 Å². The monoisotopic (exact) mass is 420 g/mol. The van der Waals surface area contributed by atoms with E-state index in [1.807, 2.05) is 12.1 Å². The Morgan fingerprint density at radius 2 is 1.63 bits per heavy atom. The summed E-state index contributed by atoms with van der Waals surface area (Å²) in [5.41, 5.74) is 1.10. The van der Waals surface area contributed by atoms with Crippen molar-refractivity contribution < 1.29 is 9.13 Å². The molecule has 168 valence electrons. The third-order valence-electron chi connectivity index (χ3n) is 6.15. The molecule has 7 nitrogen and oxygen atoms in total. The molecule has 2 heterocycles. The molecule has 2 unspecified atom stereocenters.